The molecule has 0 saturated heterocycles. The lowest BCUT2D eigenvalue weighted by Crippen LogP contribution is -2.38. The molecule has 0 saturated carbocycles. The number of rotatable bonds is 3. The van der Waals surface area contributed by atoms with Crippen molar-refractivity contribution in [2.24, 2.45) is 0 Å². The van der Waals surface area contributed by atoms with E-state index >= 15 is 0 Å². The van der Waals surface area contributed by atoms with E-state index in [2.05, 4.69) is 38.6 Å². The Kier molecular flexibility index (Phi) is 4.22. The average molecular weight is 153 g/mol. The zero-order valence-electron chi connectivity index (χ0n) is 8.15. The number of hydrogen-bond acceptors (Lipinski definition) is 1. The fourth-order valence-electron chi connectivity index (χ4n) is 0.754. The third-order valence-corrected chi connectivity index (χ3v) is 1.96. The van der Waals surface area contributed by atoms with E-state index in [-0.39, 0.29) is 5.54 Å². The first-order valence-electron chi connectivity index (χ1n) is 4.13. The van der Waals surface area contributed by atoms with Crippen molar-refractivity contribution in [3.05, 3.63) is 0 Å². The number of terminal acetylenes is 1. The second-order valence-electron chi connectivity index (χ2n) is 3.90. The molecule has 0 atom stereocenters. The van der Waals surface area contributed by atoms with E-state index in [0.717, 1.165) is 19.4 Å². The van der Waals surface area contributed by atoms with Crippen LogP contribution >= 0.6 is 0 Å². The first kappa shape index (κ1) is 10.5. The molecular formula is C10H19N. The van der Waals surface area contributed by atoms with Gasteiger partial charge in [0.05, 0.1) is 0 Å². The first-order chi connectivity index (χ1) is 4.98. The molecule has 0 fully saturated rings. The summed E-state index contributed by atoms with van der Waals surface area (Å²) >= 11 is 0. The second-order valence-corrected chi connectivity index (χ2v) is 3.90. The van der Waals surface area contributed by atoms with Crippen LogP contribution in [0, 0.1) is 12.3 Å². The summed E-state index contributed by atoms with van der Waals surface area (Å²) in [6.07, 6.45) is 7.15. The molecule has 0 rings (SSSR count). The van der Waals surface area contributed by atoms with Gasteiger partial charge < -0.3 is 4.90 Å². The van der Waals surface area contributed by atoms with Gasteiger partial charge in [0.25, 0.3) is 0 Å². The van der Waals surface area contributed by atoms with Crippen LogP contribution in [-0.2, 0) is 0 Å². The maximum atomic E-state index is 5.16. The molecule has 64 valence electrons. The summed E-state index contributed by atoms with van der Waals surface area (Å²) in [4.78, 5) is 2.32. The molecule has 0 aromatic carbocycles. The normalized spacial score (nSPS) is 11.6. The van der Waals surface area contributed by atoms with Gasteiger partial charge in [-0.25, -0.2) is 0 Å². The Morgan fingerprint density at radius 3 is 2.27 bits per heavy atom. The van der Waals surface area contributed by atoms with Crippen LogP contribution in [0.3, 0.4) is 0 Å². The van der Waals surface area contributed by atoms with Crippen LogP contribution < -0.4 is 0 Å². The van der Waals surface area contributed by atoms with Crippen molar-refractivity contribution in [2.45, 2.75) is 39.2 Å². The van der Waals surface area contributed by atoms with Gasteiger partial charge in [-0.15, -0.1) is 12.3 Å². The predicted octanol–water partition coefficient (Wildman–Crippen LogP) is 2.13. The van der Waals surface area contributed by atoms with E-state index in [1.165, 1.54) is 0 Å². The van der Waals surface area contributed by atoms with E-state index in [1.807, 2.05) is 0 Å². The minimum absolute atomic E-state index is 0.272. The summed E-state index contributed by atoms with van der Waals surface area (Å²) in [6, 6.07) is 0. The van der Waals surface area contributed by atoms with Gasteiger partial charge in [0.15, 0.2) is 0 Å². The van der Waals surface area contributed by atoms with Crippen LogP contribution in [0.1, 0.15) is 33.6 Å². The van der Waals surface area contributed by atoms with Gasteiger partial charge in [0.1, 0.15) is 0 Å². The molecule has 1 nitrogen and oxygen atoms in total. The van der Waals surface area contributed by atoms with Crippen molar-refractivity contribution in [1.29, 1.82) is 0 Å². The van der Waals surface area contributed by atoms with E-state index in [4.69, 9.17) is 6.42 Å². The Bertz CT molecular complexity index is 136. The second kappa shape index (κ2) is 4.41. The molecule has 0 aromatic rings. The highest BCUT2D eigenvalue weighted by Gasteiger charge is 2.15. The Morgan fingerprint density at radius 2 is 1.91 bits per heavy atom. The fraction of sp³-hybridized carbons (Fsp3) is 0.800. The van der Waals surface area contributed by atoms with Gasteiger partial charge in [0.2, 0.25) is 0 Å². The molecule has 0 aromatic heterocycles. The third kappa shape index (κ3) is 4.86. The number of unbranched alkanes of at least 4 members (excludes halogenated alkanes) is 1. The maximum absolute atomic E-state index is 5.16. The molecule has 0 heterocycles. The highest BCUT2D eigenvalue weighted by Crippen LogP contribution is 2.10. The van der Waals surface area contributed by atoms with E-state index < -0.39 is 0 Å². The van der Waals surface area contributed by atoms with E-state index in [0.29, 0.717) is 0 Å². The lowest BCUT2D eigenvalue weighted by atomic mass is 10.1. The molecule has 0 spiro atoms. The Morgan fingerprint density at radius 1 is 1.36 bits per heavy atom. The highest BCUT2D eigenvalue weighted by atomic mass is 15.1. The molecule has 1 heteroatoms. The van der Waals surface area contributed by atoms with E-state index in [1.54, 1.807) is 0 Å². The Balaban J connectivity index is 3.55. The Labute approximate surface area is 70.8 Å². The van der Waals surface area contributed by atoms with Crippen LogP contribution in [0.4, 0.5) is 0 Å². The standard InChI is InChI=1S/C10H19N/c1-6-7-8-9-11(5)10(2,3)4/h1H,7-9H2,2-5H3. The van der Waals surface area contributed by atoms with Crippen molar-refractivity contribution in [3.63, 3.8) is 0 Å². The zero-order valence-corrected chi connectivity index (χ0v) is 8.15. The largest absolute Gasteiger partial charge is 0.301 e. The van der Waals surface area contributed by atoms with Crippen LogP contribution in [0.25, 0.3) is 0 Å². The monoisotopic (exact) mass is 153 g/mol. The quantitative estimate of drug-likeness (QED) is 0.443. The molecule has 0 bridgehead atoms. The van der Waals surface area contributed by atoms with Crippen molar-refractivity contribution in [3.8, 4) is 12.3 Å². The van der Waals surface area contributed by atoms with Crippen molar-refractivity contribution in [1.82, 2.24) is 4.90 Å². The average Bonchev–Trinajstić information content (AvgIpc) is 1.86. The SMILES string of the molecule is C#CCCCN(C)C(C)(C)C. The highest BCUT2D eigenvalue weighted by molar-refractivity contribution is 4.84. The minimum Gasteiger partial charge on any atom is -0.301 e. The Hall–Kier alpha value is -0.480. The van der Waals surface area contributed by atoms with Crippen molar-refractivity contribution >= 4 is 0 Å². The number of nitrogens with zero attached hydrogens (tertiary/aromatic N) is 1. The van der Waals surface area contributed by atoms with Crippen LogP contribution in [-0.4, -0.2) is 24.0 Å². The smallest absolute Gasteiger partial charge is 0.0122 e. The molecule has 0 aliphatic carbocycles. The summed E-state index contributed by atoms with van der Waals surface area (Å²) in [7, 11) is 2.14. The summed E-state index contributed by atoms with van der Waals surface area (Å²) < 4.78 is 0. The van der Waals surface area contributed by atoms with Crippen LogP contribution in [0.2, 0.25) is 0 Å². The number of hydrogen-bond donors (Lipinski definition) is 0. The van der Waals surface area contributed by atoms with Crippen LogP contribution in [0.15, 0.2) is 0 Å². The van der Waals surface area contributed by atoms with Gasteiger partial charge >= 0.3 is 0 Å². The molecule has 0 N–H and O–H groups in total. The lowest BCUT2D eigenvalue weighted by Gasteiger charge is -2.31. The zero-order chi connectivity index (χ0) is 8.91. The molecule has 0 radical (unpaired) electrons. The van der Waals surface area contributed by atoms with Gasteiger partial charge in [-0.1, -0.05) is 0 Å². The third-order valence-electron chi connectivity index (χ3n) is 1.96. The summed E-state index contributed by atoms with van der Waals surface area (Å²) in [5, 5.41) is 0. The summed E-state index contributed by atoms with van der Waals surface area (Å²) in [6.45, 7) is 7.72. The minimum atomic E-state index is 0.272. The summed E-state index contributed by atoms with van der Waals surface area (Å²) in [5.74, 6) is 2.65. The van der Waals surface area contributed by atoms with Gasteiger partial charge in [-0.2, -0.15) is 0 Å². The van der Waals surface area contributed by atoms with Gasteiger partial charge in [0, 0.05) is 12.0 Å². The van der Waals surface area contributed by atoms with Crippen LogP contribution in [0.5, 0.6) is 0 Å². The molecular weight excluding hydrogens is 134 g/mol. The fourth-order valence-corrected chi connectivity index (χ4v) is 0.754. The predicted molar refractivity (Wildman–Crippen MR) is 50.5 cm³/mol. The van der Waals surface area contributed by atoms with Crippen molar-refractivity contribution < 1.29 is 0 Å². The molecule has 0 aliphatic heterocycles. The summed E-state index contributed by atoms with van der Waals surface area (Å²) in [5.41, 5.74) is 0.272. The van der Waals surface area contributed by atoms with E-state index in [9.17, 15) is 0 Å². The molecule has 0 amide bonds. The molecule has 0 aliphatic rings. The van der Waals surface area contributed by atoms with Gasteiger partial charge in [-0.3, -0.25) is 0 Å². The topological polar surface area (TPSA) is 3.24 Å². The molecule has 11 heavy (non-hydrogen) atoms. The molecule has 0 unspecified atom stereocenters. The van der Waals surface area contributed by atoms with Crippen molar-refractivity contribution in [2.75, 3.05) is 13.6 Å². The maximum Gasteiger partial charge on any atom is 0.0122 e. The van der Waals surface area contributed by atoms with Gasteiger partial charge in [-0.05, 0) is 40.8 Å². The lowest BCUT2D eigenvalue weighted by molar-refractivity contribution is 0.174. The first-order valence-corrected chi connectivity index (χ1v) is 4.13.